The molecule has 7 heteroatoms. The highest BCUT2D eigenvalue weighted by molar-refractivity contribution is 5.83. The van der Waals surface area contributed by atoms with E-state index in [2.05, 4.69) is 5.32 Å². The van der Waals surface area contributed by atoms with Crippen LogP contribution in [0.15, 0.2) is 30.3 Å². The fourth-order valence-corrected chi connectivity index (χ4v) is 1.73. The van der Waals surface area contributed by atoms with E-state index in [4.69, 9.17) is 10.8 Å². The van der Waals surface area contributed by atoms with Gasteiger partial charge in [-0.15, -0.1) is 0 Å². The Morgan fingerprint density at radius 2 is 1.90 bits per heavy atom. The van der Waals surface area contributed by atoms with Gasteiger partial charge in [0.1, 0.15) is 6.04 Å². The summed E-state index contributed by atoms with van der Waals surface area (Å²) in [4.78, 5) is 35.0. The number of carbonyl (C=O) groups excluding carboxylic acids is 2. The van der Waals surface area contributed by atoms with Crippen molar-refractivity contribution < 1.29 is 19.5 Å². The van der Waals surface area contributed by atoms with E-state index in [1.54, 1.807) is 7.05 Å². The van der Waals surface area contributed by atoms with Gasteiger partial charge < -0.3 is 21.1 Å². The lowest BCUT2D eigenvalue weighted by molar-refractivity contribution is -0.139. The molecule has 21 heavy (non-hydrogen) atoms. The Bertz CT molecular complexity index is 504. The molecule has 114 valence electrons. The number of carboxylic acids is 1. The van der Waals surface area contributed by atoms with Crippen LogP contribution in [0.25, 0.3) is 0 Å². The van der Waals surface area contributed by atoms with Gasteiger partial charge in [-0.1, -0.05) is 30.3 Å². The number of carbonyl (C=O) groups is 3. The SMILES string of the molecule is CN(Cc1ccccc1)C(=O)N[C@H](CCC(N)=O)C(=O)O. The molecule has 0 aliphatic carbocycles. The lowest BCUT2D eigenvalue weighted by Crippen LogP contribution is -2.46. The summed E-state index contributed by atoms with van der Waals surface area (Å²) in [5.41, 5.74) is 5.91. The van der Waals surface area contributed by atoms with Crippen molar-refractivity contribution in [1.82, 2.24) is 10.2 Å². The second-order valence-electron chi connectivity index (χ2n) is 4.69. The average molecular weight is 293 g/mol. The van der Waals surface area contributed by atoms with E-state index < -0.39 is 23.9 Å². The molecule has 1 aromatic rings. The Hall–Kier alpha value is -2.57. The molecule has 0 saturated heterocycles. The molecule has 0 fully saturated rings. The van der Waals surface area contributed by atoms with Crippen LogP contribution in [0.2, 0.25) is 0 Å². The van der Waals surface area contributed by atoms with Gasteiger partial charge in [0.25, 0.3) is 0 Å². The molecule has 0 radical (unpaired) electrons. The molecule has 0 bridgehead atoms. The van der Waals surface area contributed by atoms with Gasteiger partial charge >= 0.3 is 12.0 Å². The van der Waals surface area contributed by atoms with E-state index in [9.17, 15) is 14.4 Å². The van der Waals surface area contributed by atoms with Gasteiger partial charge in [-0.2, -0.15) is 0 Å². The van der Waals surface area contributed by atoms with Crippen LogP contribution >= 0.6 is 0 Å². The van der Waals surface area contributed by atoms with Crippen molar-refractivity contribution in [2.45, 2.75) is 25.4 Å². The summed E-state index contributed by atoms with van der Waals surface area (Å²) < 4.78 is 0. The van der Waals surface area contributed by atoms with Crippen molar-refractivity contribution in [1.29, 1.82) is 0 Å². The number of nitrogens with two attached hydrogens (primary N) is 1. The van der Waals surface area contributed by atoms with Gasteiger partial charge in [0.05, 0.1) is 0 Å². The third-order valence-electron chi connectivity index (χ3n) is 2.88. The quantitative estimate of drug-likeness (QED) is 0.681. The summed E-state index contributed by atoms with van der Waals surface area (Å²) in [7, 11) is 1.56. The van der Waals surface area contributed by atoms with Crippen LogP contribution in [-0.4, -0.2) is 41.0 Å². The summed E-state index contributed by atoms with van der Waals surface area (Å²) in [6, 6.07) is 7.66. The average Bonchev–Trinajstić information content (AvgIpc) is 2.43. The zero-order valence-electron chi connectivity index (χ0n) is 11.8. The maximum atomic E-state index is 11.9. The third kappa shape index (κ3) is 5.94. The number of hydrogen-bond donors (Lipinski definition) is 3. The van der Waals surface area contributed by atoms with E-state index in [0.717, 1.165) is 5.56 Å². The smallest absolute Gasteiger partial charge is 0.326 e. The molecule has 0 heterocycles. The van der Waals surface area contributed by atoms with Crippen molar-refractivity contribution in [3.8, 4) is 0 Å². The summed E-state index contributed by atoms with van der Waals surface area (Å²) in [5, 5.41) is 11.4. The highest BCUT2D eigenvalue weighted by atomic mass is 16.4. The van der Waals surface area contributed by atoms with Crippen LogP contribution in [0.5, 0.6) is 0 Å². The molecule has 7 nitrogen and oxygen atoms in total. The summed E-state index contributed by atoms with van der Waals surface area (Å²) in [6.07, 6.45) is -0.130. The van der Waals surface area contributed by atoms with Crippen LogP contribution in [0.4, 0.5) is 4.79 Å². The number of amides is 3. The molecule has 0 spiro atoms. The third-order valence-corrected chi connectivity index (χ3v) is 2.88. The fraction of sp³-hybridized carbons (Fsp3) is 0.357. The number of nitrogens with zero attached hydrogens (tertiary/aromatic N) is 1. The first-order valence-corrected chi connectivity index (χ1v) is 6.47. The van der Waals surface area contributed by atoms with Gasteiger partial charge in [0, 0.05) is 20.0 Å². The Morgan fingerprint density at radius 1 is 1.29 bits per heavy atom. The van der Waals surface area contributed by atoms with E-state index in [0.29, 0.717) is 6.54 Å². The molecular formula is C14H19N3O4. The van der Waals surface area contributed by atoms with Gasteiger partial charge in [0.2, 0.25) is 5.91 Å². The number of urea groups is 1. The van der Waals surface area contributed by atoms with Gasteiger partial charge in [-0.25, -0.2) is 9.59 Å². The lowest BCUT2D eigenvalue weighted by atomic mass is 10.1. The number of hydrogen-bond acceptors (Lipinski definition) is 3. The lowest BCUT2D eigenvalue weighted by Gasteiger charge is -2.21. The first kappa shape index (κ1) is 16.5. The molecule has 3 amide bonds. The summed E-state index contributed by atoms with van der Waals surface area (Å²) >= 11 is 0. The van der Waals surface area contributed by atoms with E-state index in [1.165, 1.54) is 4.90 Å². The maximum Gasteiger partial charge on any atom is 0.326 e. The molecule has 0 aliphatic rings. The van der Waals surface area contributed by atoms with Crippen molar-refractivity contribution in [2.24, 2.45) is 5.73 Å². The van der Waals surface area contributed by atoms with E-state index in [1.807, 2.05) is 30.3 Å². The molecular weight excluding hydrogens is 274 g/mol. The fourth-order valence-electron chi connectivity index (χ4n) is 1.73. The molecule has 4 N–H and O–H groups in total. The summed E-state index contributed by atoms with van der Waals surface area (Å²) in [5.74, 6) is -1.80. The normalized spacial score (nSPS) is 11.5. The minimum atomic E-state index is -1.20. The van der Waals surface area contributed by atoms with Crippen LogP contribution in [0, 0.1) is 0 Å². The number of carboxylic acid groups (broad SMARTS) is 1. The predicted molar refractivity (Wildman–Crippen MR) is 76.3 cm³/mol. The number of nitrogens with one attached hydrogen (secondary N) is 1. The van der Waals surface area contributed by atoms with Crippen LogP contribution < -0.4 is 11.1 Å². The second-order valence-corrected chi connectivity index (χ2v) is 4.69. The molecule has 0 aliphatic heterocycles. The standard InChI is InChI=1S/C14H19N3O4/c1-17(9-10-5-3-2-4-6-10)14(21)16-11(13(19)20)7-8-12(15)18/h2-6,11H,7-9H2,1H3,(H2,15,18)(H,16,21)(H,19,20)/t11-/m1/s1. The Balaban J connectivity index is 2.56. The first-order chi connectivity index (χ1) is 9.90. The number of rotatable bonds is 7. The van der Waals surface area contributed by atoms with Gasteiger partial charge in [0.15, 0.2) is 0 Å². The largest absolute Gasteiger partial charge is 0.480 e. The molecule has 0 unspecified atom stereocenters. The molecule has 0 saturated carbocycles. The summed E-state index contributed by atoms with van der Waals surface area (Å²) in [6.45, 7) is 0.356. The topological polar surface area (TPSA) is 113 Å². The zero-order valence-corrected chi connectivity index (χ0v) is 11.8. The van der Waals surface area contributed by atoms with Crippen molar-refractivity contribution in [3.05, 3.63) is 35.9 Å². The molecule has 1 rings (SSSR count). The number of benzene rings is 1. The number of primary amides is 1. The zero-order chi connectivity index (χ0) is 15.8. The van der Waals surface area contributed by atoms with Gasteiger partial charge in [-0.3, -0.25) is 4.79 Å². The molecule has 1 aromatic carbocycles. The van der Waals surface area contributed by atoms with Crippen molar-refractivity contribution in [2.75, 3.05) is 7.05 Å². The van der Waals surface area contributed by atoms with E-state index in [-0.39, 0.29) is 12.8 Å². The van der Waals surface area contributed by atoms with Crippen LogP contribution in [0.1, 0.15) is 18.4 Å². The van der Waals surface area contributed by atoms with Crippen molar-refractivity contribution >= 4 is 17.9 Å². The first-order valence-electron chi connectivity index (χ1n) is 6.47. The Morgan fingerprint density at radius 3 is 2.43 bits per heavy atom. The minimum Gasteiger partial charge on any atom is -0.480 e. The Kier molecular flexibility index (Phi) is 6.19. The van der Waals surface area contributed by atoms with E-state index >= 15 is 0 Å². The second kappa shape index (κ2) is 7.88. The molecule has 1 atom stereocenters. The predicted octanol–water partition coefficient (Wildman–Crippen LogP) is 0.547. The monoisotopic (exact) mass is 293 g/mol. The van der Waals surface area contributed by atoms with Crippen LogP contribution in [-0.2, 0) is 16.1 Å². The van der Waals surface area contributed by atoms with Gasteiger partial charge in [-0.05, 0) is 12.0 Å². The van der Waals surface area contributed by atoms with Crippen molar-refractivity contribution in [3.63, 3.8) is 0 Å². The highest BCUT2D eigenvalue weighted by Crippen LogP contribution is 2.04. The van der Waals surface area contributed by atoms with Crippen LogP contribution in [0.3, 0.4) is 0 Å². The molecule has 0 aromatic heterocycles. The Labute approximate surface area is 122 Å². The number of aliphatic carboxylic acids is 1. The minimum absolute atomic E-state index is 0.0322. The highest BCUT2D eigenvalue weighted by Gasteiger charge is 2.22. The maximum absolute atomic E-state index is 11.9.